The molecule has 132 valence electrons. The normalized spacial score (nSPS) is 30.6. The molecule has 4 atom stereocenters. The molecule has 0 radical (unpaired) electrons. The van der Waals surface area contributed by atoms with E-state index >= 15 is 0 Å². The first-order valence-electron chi connectivity index (χ1n) is 7.59. The molecule has 2 aromatic rings. The number of aliphatic hydroxyl groups is 3. The fourth-order valence-electron chi connectivity index (χ4n) is 3.29. The number of rotatable bonds is 2. The third-order valence-electron chi connectivity index (χ3n) is 4.57. The highest BCUT2D eigenvalue weighted by Gasteiger charge is 2.53. The van der Waals surface area contributed by atoms with Crippen molar-refractivity contribution in [1.29, 1.82) is 0 Å². The predicted octanol–water partition coefficient (Wildman–Crippen LogP) is -0.811. The lowest BCUT2D eigenvalue weighted by molar-refractivity contribution is -0.0955. The van der Waals surface area contributed by atoms with Crippen LogP contribution in [-0.4, -0.2) is 60.7 Å². The van der Waals surface area contributed by atoms with Crippen molar-refractivity contribution in [3.63, 3.8) is 0 Å². The maximum atomic E-state index is 12.3. The summed E-state index contributed by atoms with van der Waals surface area (Å²) in [6, 6.07) is 0.978. The molecule has 4 rings (SSSR count). The average Bonchev–Trinajstić information content (AvgIpc) is 3.00. The van der Waals surface area contributed by atoms with Crippen LogP contribution in [0.4, 0.5) is 11.6 Å². The van der Waals surface area contributed by atoms with Crippen molar-refractivity contribution in [2.45, 2.75) is 31.0 Å². The van der Waals surface area contributed by atoms with Crippen molar-refractivity contribution in [3.05, 3.63) is 22.5 Å². The second-order valence-corrected chi connectivity index (χ2v) is 6.26. The molecule has 25 heavy (non-hydrogen) atoms. The summed E-state index contributed by atoms with van der Waals surface area (Å²) in [6.45, 7) is 0.903. The fourth-order valence-corrected chi connectivity index (χ4v) is 3.29. The van der Waals surface area contributed by atoms with Crippen LogP contribution in [0.5, 0.6) is 5.88 Å². The van der Waals surface area contributed by atoms with Crippen LogP contribution in [0.15, 0.2) is 22.1 Å². The second-order valence-electron chi connectivity index (χ2n) is 6.26. The van der Waals surface area contributed by atoms with Gasteiger partial charge in [-0.3, -0.25) is 4.79 Å². The summed E-state index contributed by atoms with van der Waals surface area (Å²) in [5, 5.41) is 43.2. The number of nitrogens with zero attached hydrogens (tertiary/aromatic N) is 3. The molecule has 10 nitrogen and oxygen atoms in total. The molecule has 0 aliphatic carbocycles. The molecule has 0 aromatic carbocycles. The van der Waals surface area contributed by atoms with Crippen LogP contribution in [-0.2, 0) is 4.74 Å². The van der Waals surface area contributed by atoms with Gasteiger partial charge in [0.2, 0.25) is 5.88 Å². The molecular formula is C15H16N4O6. The minimum atomic E-state index is -1.72. The highest BCUT2D eigenvalue weighted by molar-refractivity contribution is 6.06. The first-order valence-corrected chi connectivity index (χ1v) is 7.59. The lowest BCUT2D eigenvalue weighted by Gasteiger charge is -2.28. The van der Waals surface area contributed by atoms with Crippen molar-refractivity contribution in [3.8, 4) is 5.88 Å². The molecule has 5 N–H and O–H groups in total. The zero-order chi connectivity index (χ0) is 17.9. The number of anilines is 1. The topological polar surface area (TPSA) is 149 Å². The third kappa shape index (κ3) is 2.15. The van der Waals surface area contributed by atoms with Gasteiger partial charge in [-0.15, -0.1) is 0 Å². The number of nitrogens with one attached hydrogen (secondary N) is 1. The third-order valence-corrected chi connectivity index (χ3v) is 4.57. The monoisotopic (exact) mass is 348 g/mol. The SMILES string of the molecule is C[C@]1(O)C(n2cc3c(=O)cc(O)nc4c3c2N=CN4)O[C@H](CO)[C@H]1O. The van der Waals surface area contributed by atoms with E-state index in [0.717, 1.165) is 6.07 Å². The number of aromatic hydroxyl groups is 1. The molecule has 1 unspecified atom stereocenters. The van der Waals surface area contributed by atoms with Gasteiger partial charge >= 0.3 is 0 Å². The molecule has 2 aliphatic rings. The Bertz CT molecular complexity index is 953. The molecule has 0 spiro atoms. The molecule has 4 heterocycles. The predicted molar refractivity (Wildman–Crippen MR) is 87.1 cm³/mol. The standard InChI is InChI=1S/C15H16N4O6/c1-15(24)11(23)8(4-20)25-14(15)19-3-6-7(21)2-9(22)18-12-10(6)13(19)17-5-16-12/h2-3,5,8,11,14,20,22-24H,4H2,1H3,(H,16,17,18)/t8-,11-,14?,15-/m1/s1. The minimum Gasteiger partial charge on any atom is -0.493 e. The Kier molecular flexibility index (Phi) is 3.34. The molecule has 2 aliphatic heterocycles. The van der Waals surface area contributed by atoms with Gasteiger partial charge in [-0.1, -0.05) is 0 Å². The fraction of sp³-hybridized carbons (Fsp3) is 0.400. The molecule has 1 fully saturated rings. The highest BCUT2D eigenvalue weighted by atomic mass is 16.6. The Balaban J connectivity index is 1.98. The summed E-state index contributed by atoms with van der Waals surface area (Å²) in [7, 11) is 0. The molecule has 10 heteroatoms. The summed E-state index contributed by atoms with van der Waals surface area (Å²) in [5.41, 5.74) is -2.21. The number of ether oxygens (including phenoxy) is 1. The Morgan fingerprint density at radius 3 is 2.92 bits per heavy atom. The van der Waals surface area contributed by atoms with Gasteiger partial charge in [-0.2, -0.15) is 4.98 Å². The average molecular weight is 348 g/mol. The number of hydrogen-bond acceptors (Lipinski definition) is 9. The van der Waals surface area contributed by atoms with Gasteiger partial charge in [-0.25, -0.2) is 4.99 Å². The molecule has 2 aromatic heterocycles. The van der Waals surface area contributed by atoms with Crippen LogP contribution >= 0.6 is 0 Å². The maximum absolute atomic E-state index is 12.3. The van der Waals surface area contributed by atoms with Crippen molar-refractivity contribution >= 4 is 28.7 Å². The molecule has 1 saturated heterocycles. The maximum Gasteiger partial charge on any atom is 0.216 e. The Hall–Kier alpha value is -2.53. The minimum absolute atomic E-state index is 0.212. The Morgan fingerprint density at radius 2 is 2.24 bits per heavy atom. The quantitative estimate of drug-likeness (QED) is 0.473. The first kappa shape index (κ1) is 16.0. The zero-order valence-electron chi connectivity index (χ0n) is 13.1. The van der Waals surface area contributed by atoms with E-state index in [-0.39, 0.29) is 17.0 Å². The van der Waals surface area contributed by atoms with E-state index in [4.69, 9.17) is 4.74 Å². The van der Waals surface area contributed by atoms with Crippen molar-refractivity contribution in [2.24, 2.45) is 4.99 Å². The van der Waals surface area contributed by atoms with Gasteiger partial charge in [0.1, 0.15) is 29.4 Å². The lowest BCUT2D eigenvalue weighted by Crippen LogP contribution is -2.44. The van der Waals surface area contributed by atoms with Crippen LogP contribution in [0.3, 0.4) is 0 Å². The summed E-state index contributed by atoms with van der Waals surface area (Å²) < 4.78 is 7.02. The number of aliphatic imine (C=N–C) groups is 1. The first-order chi connectivity index (χ1) is 11.8. The van der Waals surface area contributed by atoms with E-state index in [9.17, 15) is 25.2 Å². The van der Waals surface area contributed by atoms with Gasteiger partial charge in [0.15, 0.2) is 11.7 Å². The smallest absolute Gasteiger partial charge is 0.216 e. The Labute approximate surface area is 140 Å². The highest BCUT2D eigenvalue weighted by Crippen LogP contribution is 2.44. The van der Waals surface area contributed by atoms with Gasteiger partial charge in [0.05, 0.1) is 23.7 Å². The zero-order valence-corrected chi connectivity index (χ0v) is 13.1. The van der Waals surface area contributed by atoms with E-state index in [1.807, 2.05) is 0 Å². The van der Waals surface area contributed by atoms with E-state index in [1.165, 1.54) is 24.0 Å². The summed E-state index contributed by atoms with van der Waals surface area (Å²) in [6.07, 6.45) is -0.631. The molecule has 0 bridgehead atoms. The lowest BCUT2D eigenvalue weighted by atomic mass is 9.96. The second kappa shape index (κ2) is 5.23. The summed E-state index contributed by atoms with van der Waals surface area (Å²) >= 11 is 0. The van der Waals surface area contributed by atoms with E-state index < -0.39 is 42.0 Å². The van der Waals surface area contributed by atoms with Crippen molar-refractivity contribution < 1.29 is 25.2 Å². The van der Waals surface area contributed by atoms with Crippen molar-refractivity contribution in [2.75, 3.05) is 11.9 Å². The van der Waals surface area contributed by atoms with Crippen LogP contribution in [0.2, 0.25) is 0 Å². The summed E-state index contributed by atoms with van der Waals surface area (Å²) in [4.78, 5) is 20.4. The van der Waals surface area contributed by atoms with E-state index in [1.54, 1.807) is 0 Å². The van der Waals surface area contributed by atoms with E-state index in [0.29, 0.717) is 5.39 Å². The van der Waals surface area contributed by atoms with Crippen LogP contribution in [0.25, 0.3) is 10.8 Å². The largest absolute Gasteiger partial charge is 0.493 e. The van der Waals surface area contributed by atoms with Gasteiger partial charge < -0.3 is 35.0 Å². The van der Waals surface area contributed by atoms with Crippen molar-refractivity contribution in [1.82, 2.24) is 9.55 Å². The number of aliphatic hydroxyl groups excluding tert-OH is 2. The molecular weight excluding hydrogens is 332 g/mol. The molecule has 0 saturated carbocycles. The van der Waals surface area contributed by atoms with Gasteiger partial charge in [0.25, 0.3) is 0 Å². The Morgan fingerprint density at radius 1 is 1.48 bits per heavy atom. The number of hydrogen-bond donors (Lipinski definition) is 5. The van der Waals surface area contributed by atoms with Gasteiger partial charge in [-0.05, 0) is 6.92 Å². The van der Waals surface area contributed by atoms with Crippen LogP contribution < -0.4 is 10.7 Å². The van der Waals surface area contributed by atoms with Crippen LogP contribution in [0.1, 0.15) is 13.2 Å². The number of aromatic nitrogens is 2. The summed E-state index contributed by atoms with van der Waals surface area (Å²) in [5.74, 6) is 0.0756. The van der Waals surface area contributed by atoms with E-state index in [2.05, 4.69) is 15.3 Å². The van der Waals surface area contributed by atoms with Gasteiger partial charge in [0, 0.05) is 12.3 Å². The molecule has 0 amide bonds. The van der Waals surface area contributed by atoms with Crippen LogP contribution in [0, 0.1) is 0 Å².